The maximum atomic E-state index is 3.54. The third-order valence-corrected chi connectivity index (χ3v) is 5.09. The van der Waals surface area contributed by atoms with Gasteiger partial charge in [-0.15, -0.1) is 0 Å². The zero-order valence-corrected chi connectivity index (χ0v) is 14.0. The molecule has 2 atom stereocenters. The fourth-order valence-corrected chi connectivity index (χ4v) is 3.64. The Morgan fingerprint density at radius 2 is 1.76 bits per heavy atom. The van der Waals surface area contributed by atoms with Crippen LogP contribution in [0.4, 0.5) is 0 Å². The molecule has 0 radical (unpaired) electrons. The van der Waals surface area contributed by atoms with E-state index >= 15 is 0 Å². The summed E-state index contributed by atoms with van der Waals surface area (Å²) >= 11 is 0. The maximum Gasteiger partial charge on any atom is 0.00700 e. The molecular weight excluding hydrogens is 254 g/mol. The van der Waals surface area contributed by atoms with Crippen LogP contribution in [0.5, 0.6) is 0 Å². The number of unbranched alkanes of at least 4 members (excludes halogenated alkanes) is 6. The molecule has 0 saturated heterocycles. The predicted molar refractivity (Wildman–Crippen MR) is 93.0 cm³/mol. The second-order valence-electron chi connectivity index (χ2n) is 6.73. The Bertz CT molecular complexity index is 399. The largest absolute Gasteiger partial charge is 0.317 e. The maximum absolute atomic E-state index is 3.54. The molecule has 0 bridgehead atoms. The number of benzene rings is 1. The number of hydrogen-bond acceptors (Lipinski definition) is 1. The Kier molecular flexibility index (Phi) is 7.29. The second kappa shape index (κ2) is 9.25. The molecule has 118 valence electrons. The summed E-state index contributed by atoms with van der Waals surface area (Å²) in [5.41, 5.74) is 3.19. The highest BCUT2D eigenvalue weighted by Gasteiger charge is 2.27. The van der Waals surface area contributed by atoms with E-state index in [0.29, 0.717) is 6.04 Å². The van der Waals surface area contributed by atoms with Gasteiger partial charge in [-0.3, -0.25) is 0 Å². The Hall–Kier alpha value is -0.820. The minimum absolute atomic E-state index is 0.707. The summed E-state index contributed by atoms with van der Waals surface area (Å²) in [5.74, 6) is 0.809. The van der Waals surface area contributed by atoms with Crippen LogP contribution < -0.4 is 5.32 Å². The molecule has 21 heavy (non-hydrogen) atoms. The van der Waals surface area contributed by atoms with Crippen molar-refractivity contribution >= 4 is 0 Å². The monoisotopic (exact) mass is 287 g/mol. The first-order valence-electron chi connectivity index (χ1n) is 9.10. The van der Waals surface area contributed by atoms with Gasteiger partial charge < -0.3 is 5.32 Å². The average Bonchev–Trinajstić information content (AvgIpc) is 2.49. The van der Waals surface area contributed by atoms with Gasteiger partial charge in [0.15, 0.2) is 0 Å². The first-order chi connectivity index (χ1) is 10.3. The lowest BCUT2D eigenvalue weighted by Crippen LogP contribution is -2.30. The smallest absolute Gasteiger partial charge is 0.00700 e. The van der Waals surface area contributed by atoms with Gasteiger partial charge >= 0.3 is 0 Å². The second-order valence-corrected chi connectivity index (χ2v) is 6.73. The van der Waals surface area contributed by atoms with Gasteiger partial charge in [0.2, 0.25) is 0 Å². The molecule has 1 aromatic rings. The van der Waals surface area contributed by atoms with Gasteiger partial charge in [-0.2, -0.15) is 0 Å². The first kappa shape index (κ1) is 16.5. The van der Waals surface area contributed by atoms with E-state index in [4.69, 9.17) is 0 Å². The summed E-state index contributed by atoms with van der Waals surface area (Å²) in [4.78, 5) is 0. The highest BCUT2D eigenvalue weighted by Crippen LogP contribution is 2.38. The van der Waals surface area contributed by atoms with Gasteiger partial charge in [0, 0.05) is 6.04 Å². The quantitative estimate of drug-likeness (QED) is 0.534. The molecule has 0 aliphatic heterocycles. The van der Waals surface area contributed by atoms with Gasteiger partial charge in [-0.1, -0.05) is 76.1 Å². The molecule has 1 aromatic carbocycles. The third-order valence-electron chi connectivity index (χ3n) is 5.09. The molecule has 2 rings (SSSR count). The predicted octanol–water partition coefficient (Wildman–Crippen LogP) is 5.45. The Morgan fingerprint density at radius 1 is 1.05 bits per heavy atom. The molecule has 0 heterocycles. The molecule has 0 amide bonds. The zero-order chi connectivity index (χ0) is 14.9. The first-order valence-corrected chi connectivity index (χ1v) is 9.10. The molecule has 1 aliphatic carbocycles. The van der Waals surface area contributed by atoms with Crippen molar-refractivity contribution in [3.05, 3.63) is 35.4 Å². The van der Waals surface area contributed by atoms with E-state index in [1.165, 1.54) is 64.2 Å². The fraction of sp³-hybridized carbons (Fsp3) is 0.700. The normalized spacial score (nSPS) is 18.1. The van der Waals surface area contributed by atoms with Crippen molar-refractivity contribution in [1.82, 2.24) is 5.32 Å². The number of hydrogen-bond donors (Lipinski definition) is 1. The van der Waals surface area contributed by atoms with Crippen LogP contribution in [0.1, 0.15) is 81.8 Å². The molecule has 1 N–H and O–H groups in total. The van der Waals surface area contributed by atoms with Gasteiger partial charge in [0.05, 0.1) is 0 Å². The Morgan fingerprint density at radius 3 is 2.48 bits per heavy atom. The van der Waals surface area contributed by atoms with E-state index < -0.39 is 0 Å². The van der Waals surface area contributed by atoms with E-state index in [1.807, 2.05) is 0 Å². The van der Waals surface area contributed by atoms with Crippen molar-refractivity contribution in [2.75, 3.05) is 7.05 Å². The molecule has 0 fully saturated rings. The van der Waals surface area contributed by atoms with Crippen LogP contribution in [0, 0.1) is 0 Å². The molecular formula is C20H33N. The van der Waals surface area contributed by atoms with Crippen LogP contribution in [0.2, 0.25) is 0 Å². The van der Waals surface area contributed by atoms with Crippen molar-refractivity contribution in [3.8, 4) is 0 Å². The lowest BCUT2D eigenvalue weighted by molar-refractivity contribution is 0.404. The molecule has 1 heteroatoms. The molecule has 0 spiro atoms. The average molecular weight is 287 g/mol. The minimum Gasteiger partial charge on any atom is -0.317 e. The van der Waals surface area contributed by atoms with E-state index in [2.05, 4.69) is 43.6 Å². The van der Waals surface area contributed by atoms with Crippen LogP contribution in [-0.2, 0) is 6.42 Å². The Labute approximate surface area is 131 Å². The number of nitrogens with one attached hydrogen (secondary N) is 1. The van der Waals surface area contributed by atoms with Gasteiger partial charge in [0.1, 0.15) is 0 Å². The van der Waals surface area contributed by atoms with E-state index in [9.17, 15) is 0 Å². The van der Waals surface area contributed by atoms with E-state index in [1.54, 1.807) is 11.1 Å². The molecule has 1 nitrogen and oxygen atoms in total. The SMILES string of the molecule is CCCCCCCCCC(CC1Cc2ccccc21)NC. The van der Waals surface area contributed by atoms with Gasteiger partial charge in [-0.05, 0) is 43.4 Å². The summed E-state index contributed by atoms with van der Waals surface area (Å²) in [6.45, 7) is 2.29. The summed E-state index contributed by atoms with van der Waals surface area (Å²) in [6, 6.07) is 9.68. The molecule has 2 unspecified atom stereocenters. The molecule has 0 aromatic heterocycles. The summed E-state index contributed by atoms with van der Waals surface area (Å²) in [7, 11) is 2.14. The standard InChI is InChI=1S/C20H33N/c1-3-4-5-6-7-8-9-13-19(21-2)16-18-15-17-12-10-11-14-20(17)18/h10-12,14,18-19,21H,3-9,13,15-16H2,1-2H3. The highest BCUT2D eigenvalue weighted by atomic mass is 14.9. The number of rotatable bonds is 11. The van der Waals surface area contributed by atoms with Crippen LogP contribution in [0.3, 0.4) is 0 Å². The van der Waals surface area contributed by atoms with E-state index in [-0.39, 0.29) is 0 Å². The van der Waals surface area contributed by atoms with Crippen LogP contribution in [-0.4, -0.2) is 13.1 Å². The fourth-order valence-electron chi connectivity index (χ4n) is 3.64. The van der Waals surface area contributed by atoms with Crippen molar-refractivity contribution in [2.45, 2.75) is 83.1 Å². The van der Waals surface area contributed by atoms with Crippen LogP contribution in [0.25, 0.3) is 0 Å². The highest BCUT2D eigenvalue weighted by molar-refractivity contribution is 5.39. The third kappa shape index (κ3) is 5.14. The van der Waals surface area contributed by atoms with Crippen molar-refractivity contribution in [1.29, 1.82) is 0 Å². The minimum atomic E-state index is 0.707. The van der Waals surface area contributed by atoms with Crippen LogP contribution >= 0.6 is 0 Å². The van der Waals surface area contributed by atoms with Gasteiger partial charge in [-0.25, -0.2) is 0 Å². The summed E-state index contributed by atoms with van der Waals surface area (Å²) in [5, 5.41) is 3.54. The topological polar surface area (TPSA) is 12.0 Å². The van der Waals surface area contributed by atoms with Crippen molar-refractivity contribution in [2.24, 2.45) is 0 Å². The van der Waals surface area contributed by atoms with Crippen molar-refractivity contribution < 1.29 is 0 Å². The van der Waals surface area contributed by atoms with Crippen LogP contribution in [0.15, 0.2) is 24.3 Å². The Balaban J connectivity index is 1.59. The summed E-state index contributed by atoms with van der Waals surface area (Å²) < 4.78 is 0. The lowest BCUT2D eigenvalue weighted by Gasteiger charge is -2.33. The summed E-state index contributed by atoms with van der Waals surface area (Å²) in [6.07, 6.45) is 13.9. The zero-order valence-electron chi connectivity index (χ0n) is 14.0. The molecule has 1 aliphatic rings. The number of fused-ring (bicyclic) bond motifs is 1. The van der Waals surface area contributed by atoms with Crippen molar-refractivity contribution in [3.63, 3.8) is 0 Å². The van der Waals surface area contributed by atoms with Gasteiger partial charge in [0.25, 0.3) is 0 Å². The molecule has 0 saturated carbocycles. The lowest BCUT2D eigenvalue weighted by atomic mass is 9.74. The van der Waals surface area contributed by atoms with E-state index in [0.717, 1.165) is 5.92 Å².